The van der Waals surface area contributed by atoms with Crippen LogP contribution >= 0.6 is 11.8 Å². The predicted molar refractivity (Wildman–Crippen MR) is 133 cm³/mol. The highest BCUT2D eigenvalue weighted by atomic mass is 32.2. The third-order valence-electron chi connectivity index (χ3n) is 5.94. The van der Waals surface area contributed by atoms with E-state index in [-0.39, 0.29) is 11.7 Å². The van der Waals surface area contributed by atoms with Crippen molar-refractivity contribution in [3.8, 4) is 17.5 Å². The largest absolute Gasteiger partial charge is 0.461 e. The van der Waals surface area contributed by atoms with Crippen molar-refractivity contribution < 1.29 is 9.21 Å². The Hall–Kier alpha value is -3.47. The van der Waals surface area contributed by atoms with Gasteiger partial charge in [-0.15, -0.1) is 10.2 Å². The SMILES string of the molecule is Cc1cc(C)nc(-n2nc(C)cc2NC(=O)CSc2nnc(-c3ccco3)n2C2CCCCC2)n1. The van der Waals surface area contributed by atoms with Gasteiger partial charge in [-0.3, -0.25) is 9.36 Å². The van der Waals surface area contributed by atoms with Gasteiger partial charge in [0.25, 0.3) is 5.95 Å². The number of furan rings is 1. The van der Waals surface area contributed by atoms with Crippen molar-refractivity contribution in [3.05, 3.63) is 47.6 Å². The maximum absolute atomic E-state index is 12.9. The van der Waals surface area contributed by atoms with Gasteiger partial charge in [0.2, 0.25) is 11.7 Å². The number of nitrogens with zero attached hydrogens (tertiary/aromatic N) is 7. The first-order chi connectivity index (χ1) is 17.0. The molecule has 1 aliphatic carbocycles. The van der Waals surface area contributed by atoms with Crippen LogP contribution in [-0.4, -0.2) is 46.2 Å². The van der Waals surface area contributed by atoms with E-state index in [1.54, 1.807) is 10.9 Å². The van der Waals surface area contributed by atoms with Gasteiger partial charge in [-0.2, -0.15) is 9.78 Å². The lowest BCUT2D eigenvalue weighted by molar-refractivity contribution is -0.113. The second kappa shape index (κ2) is 10.0. The van der Waals surface area contributed by atoms with Gasteiger partial charge < -0.3 is 9.73 Å². The Morgan fingerprint density at radius 2 is 1.86 bits per heavy atom. The molecule has 4 aromatic rings. The molecule has 1 N–H and O–H groups in total. The molecule has 1 fully saturated rings. The smallest absolute Gasteiger partial charge is 0.252 e. The number of carbonyl (C=O) groups is 1. The molecule has 0 aromatic carbocycles. The van der Waals surface area contributed by atoms with E-state index < -0.39 is 0 Å². The monoisotopic (exact) mass is 492 g/mol. The van der Waals surface area contributed by atoms with E-state index in [0.29, 0.717) is 29.4 Å². The lowest BCUT2D eigenvalue weighted by atomic mass is 9.95. The third-order valence-corrected chi connectivity index (χ3v) is 6.88. The summed E-state index contributed by atoms with van der Waals surface area (Å²) in [5.41, 5.74) is 2.43. The molecule has 1 saturated carbocycles. The van der Waals surface area contributed by atoms with Gasteiger partial charge in [0.15, 0.2) is 10.9 Å². The van der Waals surface area contributed by atoms with Crippen LogP contribution in [0.4, 0.5) is 5.82 Å². The highest BCUT2D eigenvalue weighted by molar-refractivity contribution is 7.99. The van der Waals surface area contributed by atoms with Crippen LogP contribution in [0.25, 0.3) is 17.5 Å². The lowest BCUT2D eigenvalue weighted by Gasteiger charge is -2.25. The van der Waals surface area contributed by atoms with Crippen molar-refractivity contribution in [1.29, 1.82) is 0 Å². The Bertz CT molecular complexity index is 1300. The minimum Gasteiger partial charge on any atom is -0.461 e. The second-order valence-electron chi connectivity index (χ2n) is 8.82. The predicted octanol–water partition coefficient (Wildman–Crippen LogP) is 4.68. The van der Waals surface area contributed by atoms with E-state index in [2.05, 4.69) is 35.1 Å². The van der Waals surface area contributed by atoms with Gasteiger partial charge in [0, 0.05) is 23.5 Å². The van der Waals surface area contributed by atoms with E-state index in [1.165, 1.54) is 31.0 Å². The maximum Gasteiger partial charge on any atom is 0.252 e. The van der Waals surface area contributed by atoms with Gasteiger partial charge >= 0.3 is 0 Å². The number of aryl methyl sites for hydroxylation is 3. The summed E-state index contributed by atoms with van der Waals surface area (Å²) < 4.78 is 9.32. The van der Waals surface area contributed by atoms with Crippen molar-refractivity contribution >= 4 is 23.5 Å². The van der Waals surface area contributed by atoms with Crippen molar-refractivity contribution in [3.63, 3.8) is 0 Å². The fraction of sp³-hybridized carbons (Fsp3) is 0.417. The summed E-state index contributed by atoms with van der Waals surface area (Å²) in [6.45, 7) is 5.68. The molecule has 11 heteroatoms. The summed E-state index contributed by atoms with van der Waals surface area (Å²) in [4.78, 5) is 21.9. The fourth-order valence-corrected chi connectivity index (χ4v) is 5.28. The van der Waals surface area contributed by atoms with E-state index >= 15 is 0 Å². The number of amides is 1. The molecule has 182 valence electrons. The van der Waals surface area contributed by atoms with Gasteiger partial charge in [-0.05, 0) is 51.8 Å². The Labute approximate surface area is 207 Å². The molecule has 5 rings (SSSR count). The number of hydrogen-bond donors (Lipinski definition) is 1. The van der Waals surface area contributed by atoms with Gasteiger partial charge in [-0.25, -0.2) is 9.97 Å². The number of rotatable bonds is 7. The zero-order valence-corrected chi connectivity index (χ0v) is 20.9. The van der Waals surface area contributed by atoms with Crippen LogP contribution in [0.1, 0.15) is 55.2 Å². The van der Waals surface area contributed by atoms with Gasteiger partial charge in [-0.1, -0.05) is 31.0 Å². The van der Waals surface area contributed by atoms with E-state index in [1.807, 2.05) is 45.0 Å². The summed E-state index contributed by atoms with van der Waals surface area (Å²) >= 11 is 1.37. The minimum absolute atomic E-state index is 0.168. The van der Waals surface area contributed by atoms with E-state index in [4.69, 9.17) is 4.42 Å². The molecule has 0 atom stereocenters. The second-order valence-corrected chi connectivity index (χ2v) is 9.76. The Morgan fingerprint density at radius 3 is 2.57 bits per heavy atom. The van der Waals surface area contributed by atoms with Crippen molar-refractivity contribution in [2.24, 2.45) is 0 Å². The zero-order chi connectivity index (χ0) is 24.4. The zero-order valence-electron chi connectivity index (χ0n) is 20.1. The number of thioether (sulfide) groups is 1. The topological polar surface area (TPSA) is 117 Å². The molecule has 1 amide bonds. The van der Waals surface area contributed by atoms with Crippen LogP contribution in [0.2, 0.25) is 0 Å². The molecule has 4 aromatic heterocycles. The standard InChI is InChI=1S/C24H28N8O2S/c1-15-12-16(2)26-23(25-15)32-20(13-17(3)30-32)27-21(33)14-35-24-29-28-22(19-10-7-11-34-19)31(24)18-8-5-4-6-9-18/h7,10-13,18H,4-6,8-9,14H2,1-3H3,(H,27,33). The van der Waals surface area contributed by atoms with Crippen molar-refractivity contribution in [2.75, 3.05) is 11.1 Å². The fourth-order valence-electron chi connectivity index (χ4n) is 4.47. The quantitative estimate of drug-likeness (QED) is 0.370. The number of nitrogens with one attached hydrogen (secondary N) is 1. The van der Waals surface area contributed by atoms with Gasteiger partial charge in [0.05, 0.1) is 17.7 Å². The highest BCUT2D eigenvalue weighted by Gasteiger charge is 2.25. The summed E-state index contributed by atoms with van der Waals surface area (Å²) in [5, 5.41) is 17.0. The molecule has 0 bridgehead atoms. The first-order valence-corrected chi connectivity index (χ1v) is 12.8. The van der Waals surface area contributed by atoms with Crippen LogP contribution < -0.4 is 5.32 Å². The average Bonchev–Trinajstić information content (AvgIpc) is 3.57. The summed E-state index contributed by atoms with van der Waals surface area (Å²) in [6, 6.07) is 7.75. The molecular formula is C24H28N8O2S. The van der Waals surface area contributed by atoms with Crippen LogP contribution in [0, 0.1) is 20.8 Å². The Morgan fingerprint density at radius 1 is 1.09 bits per heavy atom. The summed E-state index contributed by atoms with van der Waals surface area (Å²) in [6.07, 6.45) is 7.38. The summed E-state index contributed by atoms with van der Waals surface area (Å²) in [5.74, 6) is 2.37. The minimum atomic E-state index is -0.168. The number of aromatic nitrogens is 7. The molecule has 4 heterocycles. The number of hydrogen-bond acceptors (Lipinski definition) is 8. The third kappa shape index (κ3) is 5.14. The molecule has 1 aliphatic rings. The molecule has 0 saturated heterocycles. The number of anilines is 1. The van der Waals surface area contributed by atoms with Crippen LogP contribution in [0.15, 0.2) is 40.1 Å². The normalized spacial score (nSPS) is 14.4. The molecule has 35 heavy (non-hydrogen) atoms. The molecule has 0 unspecified atom stereocenters. The van der Waals surface area contributed by atoms with Crippen molar-refractivity contribution in [2.45, 2.75) is 64.1 Å². The average molecular weight is 493 g/mol. The maximum atomic E-state index is 12.9. The van der Waals surface area contributed by atoms with Gasteiger partial charge in [0.1, 0.15) is 5.82 Å². The van der Waals surface area contributed by atoms with Crippen molar-refractivity contribution in [1.82, 2.24) is 34.5 Å². The molecule has 0 radical (unpaired) electrons. The Balaban J connectivity index is 1.34. The highest BCUT2D eigenvalue weighted by Crippen LogP contribution is 2.35. The number of carbonyl (C=O) groups excluding carboxylic acids is 1. The Kier molecular flexibility index (Phi) is 6.67. The van der Waals surface area contributed by atoms with E-state index in [0.717, 1.165) is 35.1 Å². The van der Waals surface area contributed by atoms with Crippen LogP contribution in [-0.2, 0) is 4.79 Å². The first kappa shape index (κ1) is 23.3. The molecule has 10 nitrogen and oxygen atoms in total. The lowest BCUT2D eigenvalue weighted by Crippen LogP contribution is -2.19. The molecular weight excluding hydrogens is 464 g/mol. The van der Waals surface area contributed by atoms with Crippen LogP contribution in [0.5, 0.6) is 0 Å². The first-order valence-electron chi connectivity index (χ1n) is 11.8. The van der Waals surface area contributed by atoms with Crippen LogP contribution in [0.3, 0.4) is 0 Å². The summed E-state index contributed by atoms with van der Waals surface area (Å²) in [7, 11) is 0. The van der Waals surface area contributed by atoms with E-state index in [9.17, 15) is 4.79 Å². The molecule has 0 spiro atoms. The molecule has 0 aliphatic heterocycles.